The SMILES string of the molecule is COc1ccc(Cn2nnnc2[C@@H](c2cc3c(C)ccc(C)c3[nH]c2=O)N2CCC[C@H](C)C2)cc1. The Hall–Kier alpha value is -3.52. The van der Waals surface area contributed by atoms with Gasteiger partial charge in [0.05, 0.1) is 19.2 Å². The van der Waals surface area contributed by atoms with Crippen LogP contribution in [0, 0.1) is 19.8 Å². The van der Waals surface area contributed by atoms with Crippen molar-refractivity contribution in [3.63, 3.8) is 0 Å². The topological polar surface area (TPSA) is 88.9 Å². The second-order valence-electron chi connectivity index (χ2n) is 9.73. The van der Waals surface area contributed by atoms with E-state index in [1.807, 2.05) is 48.0 Å². The summed E-state index contributed by atoms with van der Waals surface area (Å²) < 4.78 is 7.11. The number of methoxy groups -OCH3 is 1. The zero-order valence-electron chi connectivity index (χ0n) is 20.8. The molecule has 0 bridgehead atoms. The summed E-state index contributed by atoms with van der Waals surface area (Å²) in [5.74, 6) is 2.03. The molecule has 8 nitrogen and oxygen atoms in total. The van der Waals surface area contributed by atoms with Crippen molar-refractivity contribution in [3.8, 4) is 5.75 Å². The van der Waals surface area contributed by atoms with Gasteiger partial charge in [0.1, 0.15) is 11.8 Å². The number of hydrogen-bond donors (Lipinski definition) is 1. The second-order valence-corrected chi connectivity index (χ2v) is 9.73. The minimum Gasteiger partial charge on any atom is -0.497 e. The third kappa shape index (κ3) is 4.58. The molecule has 1 aliphatic rings. The van der Waals surface area contributed by atoms with Gasteiger partial charge in [-0.1, -0.05) is 31.2 Å². The van der Waals surface area contributed by atoms with E-state index in [2.05, 4.69) is 45.3 Å². The molecule has 4 aromatic rings. The van der Waals surface area contributed by atoms with Crippen molar-refractivity contribution in [2.75, 3.05) is 20.2 Å². The first-order chi connectivity index (χ1) is 16.9. The maximum absolute atomic E-state index is 13.5. The van der Waals surface area contributed by atoms with Crippen LogP contribution in [0.4, 0.5) is 0 Å². The Morgan fingerprint density at radius 2 is 1.91 bits per heavy atom. The predicted molar refractivity (Wildman–Crippen MR) is 136 cm³/mol. The molecule has 3 heterocycles. The Balaban J connectivity index is 1.62. The van der Waals surface area contributed by atoms with Crippen LogP contribution in [-0.4, -0.2) is 50.3 Å². The van der Waals surface area contributed by atoms with Gasteiger partial charge in [-0.15, -0.1) is 5.10 Å². The summed E-state index contributed by atoms with van der Waals surface area (Å²) in [5, 5.41) is 13.9. The standard InChI is InChI=1S/C27H32N6O2/c1-17-6-5-13-32(15-17)25(23-14-22-18(2)7-8-19(3)24(22)28-27(23)34)26-29-30-31-33(26)16-20-9-11-21(35-4)12-10-20/h7-12,14,17,25H,5-6,13,15-16H2,1-4H3,(H,28,34)/t17-,25+/m0/s1. The molecule has 2 aromatic carbocycles. The molecule has 1 N–H and O–H groups in total. The number of piperidine rings is 1. The number of nitrogens with one attached hydrogen (secondary N) is 1. The zero-order valence-corrected chi connectivity index (χ0v) is 20.8. The highest BCUT2D eigenvalue weighted by molar-refractivity contribution is 5.85. The maximum Gasteiger partial charge on any atom is 0.253 e. The number of rotatable bonds is 6. The molecular weight excluding hydrogens is 440 g/mol. The van der Waals surface area contributed by atoms with Gasteiger partial charge in [-0.25, -0.2) is 4.68 Å². The Kier molecular flexibility index (Phi) is 6.38. The Labute approximate surface area is 204 Å². The maximum atomic E-state index is 13.5. The predicted octanol–water partition coefficient (Wildman–Crippen LogP) is 4.01. The van der Waals surface area contributed by atoms with Gasteiger partial charge in [0.25, 0.3) is 5.56 Å². The molecule has 1 fully saturated rings. The molecule has 0 amide bonds. The van der Waals surface area contributed by atoms with E-state index in [-0.39, 0.29) is 11.6 Å². The van der Waals surface area contributed by atoms with Gasteiger partial charge in [-0.05, 0) is 84.5 Å². The monoisotopic (exact) mass is 472 g/mol. The number of pyridine rings is 1. The van der Waals surface area contributed by atoms with E-state index < -0.39 is 0 Å². The molecule has 0 saturated carbocycles. The molecule has 0 aliphatic carbocycles. The summed E-state index contributed by atoms with van der Waals surface area (Å²) in [6, 6.07) is 13.8. The van der Waals surface area contributed by atoms with Gasteiger partial charge in [0.2, 0.25) is 0 Å². The van der Waals surface area contributed by atoms with Crippen LogP contribution >= 0.6 is 0 Å². The minimum absolute atomic E-state index is 0.0894. The number of hydrogen-bond acceptors (Lipinski definition) is 6. The Bertz CT molecular complexity index is 1390. The molecule has 2 aromatic heterocycles. The molecule has 8 heteroatoms. The van der Waals surface area contributed by atoms with Crippen LogP contribution in [0.2, 0.25) is 0 Å². The third-order valence-electron chi connectivity index (χ3n) is 7.12. The van der Waals surface area contributed by atoms with Crippen LogP contribution in [0.5, 0.6) is 5.75 Å². The molecule has 5 rings (SSSR count). The summed E-state index contributed by atoms with van der Waals surface area (Å²) in [4.78, 5) is 19.1. The van der Waals surface area contributed by atoms with E-state index in [0.717, 1.165) is 52.9 Å². The first-order valence-electron chi connectivity index (χ1n) is 12.2. The zero-order chi connectivity index (χ0) is 24.5. The first kappa shape index (κ1) is 23.2. The lowest BCUT2D eigenvalue weighted by molar-refractivity contribution is 0.141. The quantitative estimate of drug-likeness (QED) is 0.456. The number of aromatic nitrogens is 5. The summed E-state index contributed by atoms with van der Waals surface area (Å²) in [6.07, 6.45) is 2.27. The Morgan fingerprint density at radius 3 is 2.66 bits per heavy atom. The fraction of sp³-hybridized carbons (Fsp3) is 0.407. The average molecular weight is 473 g/mol. The molecule has 1 saturated heterocycles. The lowest BCUT2D eigenvalue weighted by atomic mass is 9.95. The largest absolute Gasteiger partial charge is 0.497 e. The van der Waals surface area contributed by atoms with Gasteiger partial charge in [-0.2, -0.15) is 0 Å². The normalized spacial score (nSPS) is 17.5. The van der Waals surface area contributed by atoms with Crippen LogP contribution in [0.3, 0.4) is 0 Å². The summed E-state index contributed by atoms with van der Waals surface area (Å²) in [5.41, 5.74) is 4.74. The number of fused-ring (bicyclic) bond motifs is 1. The molecule has 0 radical (unpaired) electrons. The minimum atomic E-state index is -0.334. The van der Waals surface area contributed by atoms with Gasteiger partial charge in [0.15, 0.2) is 5.82 Å². The number of tetrazole rings is 1. The fourth-order valence-electron chi connectivity index (χ4n) is 5.18. The van der Waals surface area contributed by atoms with Crippen molar-refractivity contribution in [2.45, 2.75) is 46.2 Å². The first-order valence-corrected chi connectivity index (χ1v) is 12.2. The van der Waals surface area contributed by atoms with Crippen LogP contribution in [0.15, 0.2) is 47.3 Å². The van der Waals surface area contributed by atoms with Gasteiger partial charge in [0, 0.05) is 17.5 Å². The number of aryl methyl sites for hydroxylation is 2. The van der Waals surface area contributed by atoms with Gasteiger partial charge < -0.3 is 9.72 Å². The number of nitrogens with zero attached hydrogens (tertiary/aromatic N) is 5. The fourth-order valence-corrected chi connectivity index (χ4v) is 5.18. The highest BCUT2D eigenvalue weighted by Crippen LogP contribution is 2.32. The van der Waals surface area contributed by atoms with Crippen molar-refractivity contribution in [3.05, 3.63) is 80.9 Å². The number of aromatic amines is 1. The summed E-state index contributed by atoms with van der Waals surface area (Å²) in [6.45, 7) is 8.67. The van der Waals surface area contributed by atoms with E-state index in [9.17, 15) is 4.79 Å². The van der Waals surface area contributed by atoms with Crippen LogP contribution < -0.4 is 10.3 Å². The number of benzene rings is 2. The Morgan fingerprint density at radius 1 is 1.14 bits per heavy atom. The molecule has 182 valence electrons. The lowest BCUT2D eigenvalue weighted by Gasteiger charge is -2.36. The summed E-state index contributed by atoms with van der Waals surface area (Å²) in [7, 11) is 1.66. The summed E-state index contributed by atoms with van der Waals surface area (Å²) >= 11 is 0. The second kappa shape index (κ2) is 9.62. The average Bonchev–Trinajstić information content (AvgIpc) is 3.30. The number of likely N-dealkylation sites (tertiary alicyclic amines) is 1. The van der Waals surface area contributed by atoms with Crippen molar-refractivity contribution in [1.29, 1.82) is 0 Å². The van der Waals surface area contributed by atoms with Crippen molar-refractivity contribution in [1.82, 2.24) is 30.1 Å². The van der Waals surface area contributed by atoms with Crippen molar-refractivity contribution < 1.29 is 4.74 Å². The molecular formula is C27H32N6O2. The van der Waals surface area contributed by atoms with E-state index in [0.29, 0.717) is 23.9 Å². The van der Waals surface area contributed by atoms with E-state index in [1.165, 1.54) is 6.42 Å². The lowest BCUT2D eigenvalue weighted by Crippen LogP contribution is -2.41. The van der Waals surface area contributed by atoms with Gasteiger partial charge >= 0.3 is 0 Å². The molecule has 2 atom stereocenters. The van der Waals surface area contributed by atoms with E-state index in [4.69, 9.17) is 4.74 Å². The molecule has 0 unspecified atom stereocenters. The molecule has 0 spiro atoms. The van der Waals surface area contributed by atoms with Crippen LogP contribution in [0.25, 0.3) is 10.9 Å². The molecule has 1 aliphatic heterocycles. The van der Waals surface area contributed by atoms with Crippen molar-refractivity contribution in [2.24, 2.45) is 5.92 Å². The molecule has 35 heavy (non-hydrogen) atoms. The highest BCUT2D eigenvalue weighted by atomic mass is 16.5. The van der Waals surface area contributed by atoms with Gasteiger partial charge in [-0.3, -0.25) is 9.69 Å². The third-order valence-corrected chi connectivity index (χ3v) is 7.12. The van der Waals surface area contributed by atoms with E-state index >= 15 is 0 Å². The van der Waals surface area contributed by atoms with Crippen molar-refractivity contribution >= 4 is 10.9 Å². The smallest absolute Gasteiger partial charge is 0.253 e. The highest BCUT2D eigenvalue weighted by Gasteiger charge is 2.33. The van der Waals surface area contributed by atoms with Crippen LogP contribution in [0.1, 0.15) is 53.9 Å². The number of ether oxygens (including phenoxy) is 1. The van der Waals surface area contributed by atoms with Crippen LogP contribution in [-0.2, 0) is 6.54 Å². The van der Waals surface area contributed by atoms with E-state index in [1.54, 1.807) is 7.11 Å². The number of H-pyrrole nitrogens is 1.